The molecule has 1 fully saturated rings. The molecule has 0 aliphatic heterocycles. The molecule has 3 amide bonds. The summed E-state index contributed by atoms with van der Waals surface area (Å²) in [4.78, 5) is 54.0. The summed E-state index contributed by atoms with van der Waals surface area (Å²) in [5.74, 6) is -6.14. The minimum absolute atomic E-state index is 0.0504. The molecule has 1 aliphatic rings. The molecule has 3 rings (SSSR count). The Morgan fingerprint density at radius 1 is 1.09 bits per heavy atom. The summed E-state index contributed by atoms with van der Waals surface area (Å²) in [6.45, 7) is -0.338. The standard InChI is InChI=1S/C23H26F2N4O4S/c24-23(25)8-6-16(7-9-23)21(32)27-13-18(30)29-17(12-15-4-2-1-3-5-15)20(31)22(33)28-14-19-26-10-11-34-19/h1-5,10-11,16-17H,6-9,12-14H2,(H,27,32)(H,28,33)(H,29,30)/t17-/m1/s1. The molecule has 0 radical (unpaired) electrons. The molecular weight excluding hydrogens is 466 g/mol. The number of nitrogens with one attached hydrogen (secondary N) is 3. The van der Waals surface area contributed by atoms with E-state index in [-0.39, 0.29) is 38.6 Å². The quantitative estimate of drug-likeness (QED) is 0.439. The van der Waals surface area contributed by atoms with Crippen LogP contribution in [0, 0.1) is 5.92 Å². The molecular formula is C23H26F2N4O4S. The van der Waals surface area contributed by atoms with Gasteiger partial charge in [0, 0.05) is 36.8 Å². The summed E-state index contributed by atoms with van der Waals surface area (Å²) < 4.78 is 26.6. The first-order valence-corrected chi connectivity index (χ1v) is 11.8. The van der Waals surface area contributed by atoms with Crippen molar-refractivity contribution in [3.05, 3.63) is 52.5 Å². The van der Waals surface area contributed by atoms with Crippen molar-refractivity contribution in [1.29, 1.82) is 0 Å². The maximum atomic E-state index is 13.3. The normalized spacial score (nSPS) is 16.3. The summed E-state index contributed by atoms with van der Waals surface area (Å²) >= 11 is 1.33. The average Bonchev–Trinajstić information content (AvgIpc) is 3.34. The smallest absolute Gasteiger partial charge is 0.289 e. The Kier molecular flexibility index (Phi) is 8.80. The third-order valence-electron chi connectivity index (χ3n) is 5.55. The number of hydrogen-bond acceptors (Lipinski definition) is 6. The van der Waals surface area contributed by atoms with Gasteiger partial charge < -0.3 is 16.0 Å². The molecule has 11 heteroatoms. The summed E-state index contributed by atoms with van der Waals surface area (Å²) in [6.07, 6.45) is 1.05. The molecule has 0 bridgehead atoms. The predicted octanol–water partition coefficient (Wildman–Crippen LogP) is 2.00. The van der Waals surface area contributed by atoms with Crippen LogP contribution < -0.4 is 16.0 Å². The first-order valence-electron chi connectivity index (χ1n) is 10.9. The van der Waals surface area contributed by atoms with Gasteiger partial charge >= 0.3 is 0 Å². The highest BCUT2D eigenvalue weighted by Gasteiger charge is 2.37. The second-order valence-electron chi connectivity index (χ2n) is 8.13. The van der Waals surface area contributed by atoms with Crippen LogP contribution >= 0.6 is 11.3 Å². The van der Waals surface area contributed by atoms with E-state index in [0.29, 0.717) is 5.01 Å². The van der Waals surface area contributed by atoms with Crippen LogP contribution in [-0.4, -0.2) is 47.0 Å². The maximum absolute atomic E-state index is 13.3. The third-order valence-corrected chi connectivity index (χ3v) is 6.33. The highest BCUT2D eigenvalue weighted by Crippen LogP contribution is 2.36. The fourth-order valence-electron chi connectivity index (χ4n) is 3.66. The molecule has 182 valence electrons. The third kappa shape index (κ3) is 7.68. The molecule has 1 aliphatic carbocycles. The van der Waals surface area contributed by atoms with Gasteiger partial charge in [0.2, 0.25) is 23.5 Å². The monoisotopic (exact) mass is 492 g/mol. The van der Waals surface area contributed by atoms with E-state index in [9.17, 15) is 28.0 Å². The average molecular weight is 493 g/mol. The zero-order chi connectivity index (χ0) is 24.6. The van der Waals surface area contributed by atoms with Gasteiger partial charge in [-0.25, -0.2) is 13.8 Å². The highest BCUT2D eigenvalue weighted by atomic mass is 32.1. The van der Waals surface area contributed by atoms with Crippen molar-refractivity contribution >= 4 is 34.8 Å². The Labute approximate surface area is 199 Å². The van der Waals surface area contributed by atoms with Crippen LogP contribution in [0.4, 0.5) is 8.78 Å². The molecule has 1 heterocycles. The van der Waals surface area contributed by atoms with Gasteiger partial charge in [-0.3, -0.25) is 19.2 Å². The zero-order valence-corrected chi connectivity index (χ0v) is 19.2. The van der Waals surface area contributed by atoms with Crippen molar-refractivity contribution in [2.45, 2.75) is 50.6 Å². The van der Waals surface area contributed by atoms with Crippen molar-refractivity contribution in [1.82, 2.24) is 20.9 Å². The van der Waals surface area contributed by atoms with Crippen LogP contribution in [0.5, 0.6) is 0 Å². The van der Waals surface area contributed by atoms with Crippen LogP contribution in [0.1, 0.15) is 36.3 Å². The second-order valence-corrected chi connectivity index (χ2v) is 9.11. The minimum Gasteiger partial charge on any atom is -0.347 e. The summed E-state index contributed by atoms with van der Waals surface area (Å²) in [7, 11) is 0. The van der Waals surface area contributed by atoms with Gasteiger partial charge in [0.05, 0.1) is 13.1 Å². The number of halogens is 2. The van der Waals surface area contributed by atoms with Crippen LogP contribution in [0.2, 0.25) is 0 Å². The van der Waals surface area contributed by atoms with E-state index in [1.165, 1.54) is 11.3 Å². The molecule has 8 nitrogen and oxygen atoms in total. The largest absolute Gasteiger partial charge is 0.347 e. The van der Waals surface area contributed by atoms with E-state index < -0.39 is 47.9 Å². The molecule has 1 atom stereocenters. The molecule has 2 aromatic rings. The van der Waals surface area contributed by atoms with Crippen molar-refractivity contribution in [3.8, 4) is 0 Å². The summed E-state index contributed by atoms with van der Waals surface area (Å²) in [5.41, 5.74) is 0.737. The highest BCUT2D eigenvalue weighted by molar-refractivity contribution is 7.09. The lowest BCUT2D eigenvalue weighted by Crippen LogP contribution is -2.51. The van der Waals surface area contributed by atoms with Gasteiger partial charge in [0.15, 0.2) is 0 Å². The molecule has 3 N–H and O–H groups in total. The number of nitrogens with zero attached hydrogens (tertiary/aromatic N) is 1. The number of ketones is 1. The van der Waals surface area contributed by atoms with E-state index >= 15 is 0 Å². The number of rotatable bonds is 10. The molecule has 0 unspecified atom stereocenters. The Hall–Kier alpha value is -3.21. The summed E-state index contributed by atoms with van der Waals surface area (Å²) in [6, 6.07) is 7.73. The van der Waals surface area contributed by atoms with E-state index in [2.05, 4.69) is 20.9 Å². The van der Waals surface area contributed by atoms with Gasteiger partial charge in [-0.2, -0.15) is 0 Å². The number of carbonyl (C=O) groups is 4. The van der Waals surface area contributed by atoms with Gasteiger partial charge in [-0.15, -0.1) is 11.3 Å². The maximum Gasteiger partial charge on any atom is 0.289 e. The van der Waals surface area contributed by atoms with Crippen LogP contribution in [0.3, 0.4) is 0 Å². The van der Waals surface area contributed by atoms with E-state index in [1.807, 2.05) is 0 Å². The van der Waals surface area contributed by atoms with Crippen LogP contribution in [-0.2, 0) is 32.1 Å². The second kappa shape index (κ2) is 11.8. The Morgan fingerprint density at radius 3 is 2.44 bits per heavy atom. The molecule has 34 heavy (non-hydrogen) atoms. The fraction of sp³-hybridized carbons (Fsp3) is 0.435. The van der Waals surface area contributed by atoms with Crippen molar-refractivity contribution in [3.63, 3.8) is 0 Å². The lowest BCUT2D eigenvalue weighted by Gasteiger charge is -2.27. The van der Waals surface area contributed by atoms with Gasteiger partial charge in [-0.1, -0.05) is 30.3 Å². The fourth-order valence-corrected chi connectivity index (χ4v) is 4.22. The summed E-state index contributed by atoms with van der Waals surface area (Å²) in [5, 5.41) is 9.84. The van der Waals surface area contributed by atoms with Gasteiger partial charge in [0.25, 0.3) is 5.91 Å². The topological polar surface area (TPSA) is 117 Å². The molecule has 0 saturated heterocycles. The first kappa shape index (κ1) is 25.4. The number of hydrogen-bond donors (Lipinski definition) is 3. The zero-order valence-electron chi connectivity index (χ0n) is 18.4. The Bertz CT molecular complexity index is 992. The van der Waals surface area contributed by atoms with Gasteiger partial charge in [0.1, 0.15) is 11.0 Å². The van der Waals surface area contributed by atoms with Crippen molar-refractivity contribution in [2.24, 2.45) is 5.92 Å². The number of alkyl halides is 2. The SMILES string of the molecule is O=C(CNC(=O)C1CCC(F)(F)CC1)N[C@H](Cc1ccccc1)C(=O)C(=O)NCc1nccs1. The minimum atomic E-state index is -2.75. The predicted molar refractivity (Wildman–Crippen MR) is 121 cm³/mol. The molecule has 0 spiro atoms. The Morgan fingerprint density at radius 2 is 1.79 bits per heavy atom. The molecule has 1 saturated carbocycles. The van der Waals surface area contributed by atoms with Crippen molar-refractivity contribution < 1.29 is 28.0 Å². The number of amides is 3. The van der Waals surface area contributed by atoms with E-state index in [1.54, 1.807) is 41.9 Å². The first-order chi connectivity index (χ1) is 16.2. The van der Waals surface area contributed by atoms with Crippen LogP contribution in [0.25, 0.3) is 0 Å². The number of thiazole rings is 1. The number of aromatic nitrogens is 1. The molecule has 1 aromatic heterocycles. The number of carbonyl (C=O) groups excluding carboxylic acids is 4. The number of Topliss-reactive ketones (excluding diaryl/α,β-unsaturated/α-hetero) is 1. The van der Waals surface area contributed by atoms with Crippen molar-refractivity contribution in [2.75, 3.05) is 6.54 Å². The van der Waals surface area contributed by atoms with E-state index in [0.717, 1.165) is 5.56 Å². The van der Waals surface area contributed by atoms with Gasteiger partial charge in [-0.05, 0) is 18.4 Å². The number of benzene rings is 1. The van der Waals surface area contributed by atoms with E-state index in [4.69, 9.17) is 0 Å². The Balaban J connectivity index is 1.55. The lowest BCUT2D eigenvalue weighted by atomic mass is 9.86. The lowest BCUT2D eigenvalue weighted by molar-refractivity contribution is -0.140. The van der Waals surface area contributed by atoms with Crippen LogP contribution in [0.15, 0.2) is 41.9 Å². The molecule has 1 aromatic carbocycles.